The highest BCUT2D eigenvalue weighted by Crippen LogP contribution is 2.37. The molecule has 2 heterocycles. The Kier molecular flexibility index (Phi) is 3.70. The van der Waals surface area contributed by atoms with Crippen molar-refractivity contribution in [2.75, 3.05) is 13.1 Å². The maximum absolute atomic E-state index is 15.2. The Hall–Kier alpha value is -2.24. The summed E-state index contributed by atoms with van der Waals surface area (Å²) in [6.07, 6.45) is 0.211. The van der Waals surface area contributed by atoms with Crippen molar-refractivity contribution in [3.63, 3.8) is 0 Å². The molecule has 1 aromatic heterocycles. The zero-order valence-corrected chi connectivity index (χ0v) is 13.4. The van der Waals surface area contributed by atoms with E-state index in [9.17, 15) is 9.18 Å². The number of aryl methyl sites for hydroxylation is 2. The minimum atomic E-state index is -1.63. The third-order valence-corrected chi connectivity index (χ3v) is 4.59. The normalized spacial score (nSPS) is 21.0. The van der Waals surface area contributed by atoms with Crippen LogP contribution in [0, 0.1) is 19.7 Å². The van der Waals surface area contributed by atoms with Crippen LogP contribution in [-0.4, -0.2) is 33.7 Å². The Bertz CT molecular complexity index is 754. The SMILES string of the molecule is Cc1nn(C)c(C)c1C(=O)N1CCC(F)(c2ccc(F)cc2)C1. The molecule has 1 unspecified atom stereocenters. The van der Waals surface area contributed by atoms with Gasteiger partial charge in [0, 0.05) is 25.7 Å². The third-order valence-electron chi connectivity index (χ3n) is 4.59. The number of hydrogen-bond acceptors (Lipinski definition) is 2. The van der Waals surface area contributed by atoms with Gasteiger partial charge in [0.2, 0.25) is 0 Å². The lowest BCUT2D eigenvalue weighted by molar-refractivity contribution is 0.0749. The van der Waals surface area contributed by atoms with Gasteiger partial charge in [-0.05, 0) is 31.5 Å². The summed E-state index contributed by atoms with van der Waals surface area (Å²) in [5.74, 6) is -0.598. The predicted molar refractivity (Wildman–Crippen MR) is 82.4 cm³/mol. The van der Waals surface area contributed by atoms with Crippen molar-refractivity contribution in [2.24, 2.45) is 7.05 Å². The Labute approximate surface area is 133 Å². The fourth-order valence-electron chi connectivity index (χ4n) is 3.17. The Morgan fingerprint density at radius 3 is 2.48 bits per heavy atom. The number of alkyl halides is 1. The lowest BCUT2D eigenvalue weighted by Gasteiger charge is -2.21. The van der Waals surface area contributed by atoms with E-state index < -0.39 is 11.5 Å². The molecule has 0 radical (unpaired) electrons. The van der Waals surface area contributed by atoms with E-state index in [1.807, 2.05) is 6.92 Å². The number of hydrogen-bond donors (Lipinski definition) is 0. The molecule has 0 N–H and O–H groups in total. The molecule has 0 saturated carbocycles. The smallest absolute Gasteiger partial charge is 0.257 e. The summed E-state index contributed by atoms with van der Waals surface area (Å²) >= 11 is 0. The first-order chi connectivity index (χ1) is 10.8. The average Bonchev–Trinajstić information content (AvgIpc) is 3.01. The zero-order valence-electron chi connectivity index (χ0n) is 13.4. The molecule has 0 bridgehead atoms. The van der Waals surface area contributed by atoms with Crippen LogP contribution in [0.25, 0.3) is 0 Å². The molecule has 1 aliphatic rings. The van der Waals surface area contributed by atoms with Crippen LogP contribution in [0.3, 0.4) is 0 Å². The second kappa shape index (κ2) is 5.44. The van der Waals surface area contributed by atoms with E-state index >= 15 is 4.39 Å². The first-order valence-corrected chi connectivity index (χ1v) is 7.56. The quantitative estimate of drug-likeness (QED) is 0.854. The maximum atomic E-state index is 15.2. The van der Waals surface area contributed by atoms with Crippen LogP contribution >= 0.6 is 0 Å². The van der Waals surface area contributed by atoms with Crippen LogP contribution in [-0.2, 0) is 12.7 Å². The molecule has 3 rings (SSSR count). The van der Waals surface area contributed by atoms with Gasteiger partial charge in [0.25, 0.3) is 5.91 Å². The molecular formula is C17H19F2N3O. The highest BCUT2D eigenvalue weighted by Gasteiger charge is 2.42. The number of halogens is 2. The molecule has 4 nitrogen and oxygen atoms in total. The molecule has 0 aliphatic carbocycles. The van der Waals surface area contributed by atoms with Gasteiger partial charge in [-0.1, -0.05) is 12.1 Å². The van der Waals surface area contributed by atoms with Crippen molar-refractivity contribution >= 4 is 5.91 Å². The minimum Gasteiger partial charge on any atom is -0.335 e. The van der Waals surface area contributed by atoms with Gasteiger partial charge in [-0.2, -0.15) is 5.10 Å². The monoisotopic (exact) mass is 319 g/mol. The van der Waals surface area contributed by atoms with Gasteiger partial charge in [-0.3, -0.25) is 9.48 Å². The molecule has 1 fully saturated rings. The number of benzene rings is 1. The predicted octanol–water partition coefficient (Wildman–Crippen LogP) is 2.89. The first kappa shape index (κ1) is 15.6. The second-order valence-corrected chi connectivity index (χ2v) is 6.12. The number of carbonyl (C=O) groups excluding carboxylic acids is 1. The zero-order chi connectivity index (χ0) is 16.8. The van der Waals surface area contributed by atoms with E-state index in [4.69, 9.17) is 0 Å². The van der Waals surface area contributed by atoms with Crippen LogP contribution in [0.1, 0.15) is 33.7 Å². The number of carbonyl (C=O) groups is 1. The fraction of sp³-hybridized carbons (Fsp3) is 0.412. The van der Waals surface area contributed by atoms with E-state index in [0.717, 1.165) is 5.69 Å². The number of amides is 1. The third kappa shape index (κ3) is 2.62. The van der Waals surface area contributed by atoms with Crippen molar-refractivity contribution in [3.8, 4) is 0 Å². The summed E-state index contributed by atoms with van der Waals surface area (Å²) < 4.78 is 29.8. The fourth-order valence-corrected chi connectivity index (χ4v) is 3.17. The molecule has 23 heavy (non-hydrogen) atoms. The highest BCUT2D eigenvalue weighted by atomic mass is 19.1. The summed E-state index contributed by atoms with van der Waals surface area (Å²) in [7, 11) is 1.78. The lowest BCUT2D eigenvalue weighted by atomic mass is 9.95. The second-order valence-electron chi connectivity index (χ2n) is 6.12. The topological polar surface area (TPSA) is 38.1 Å². The molecule has 0 spiro atoms. The van der Waals surface area contributed by atoms with Gasteiger partial charge in [0.05, 0.1) is 17.8 Å². The van der Waals surface area contributed by atoms with Gasteiger partial charge < -0.3 is 4.90 Å². The van der Waals surface area contributed by atoms with Crippen LogP contribution in [0.5, 0.6) is 0 Å². The summed E-state index contributed by atoms with van der Waals surface area (Å²) in [5.41, 5.74) is 0.733. The number of likely N-dealkylation sites (tertiary alicyclic amines) is 1. The van der Waals surface area contributed by atoms with Crippen LogP contribution in [0.2, 0.25) is 0 Å². The summed E-state index contributed by atoms with van der Waals surface area (Å²) in [6, 6.07) is 5.39. The maximum Gasteiger partial charge on any atom is 0.257 e. The van der Waals surface area contributed by atoms with Crippen LogP contribution < -0.4 is 0 Å². The molecule has 122 valence electrons. The van der Waals surface area contributed by atoms with Gasteiger partial charge in [-0.15, -0.1) is 0 Å². The van der Waals surface area contributed by atoms with Gasteiger partial charge >= 0.3 is 0 Å². The Morgan fingerprint density at radius 1 is 1.26 bits per heavy atom. The minimum absolute atomic E-state index is 0.0226. The Balaban J connectivity index is 1.84. The van der Waals surface area contributed by atoms with Crippen LogP contribution in [0.4, 0.5) is 8.78 Å². The summed E-state index contributed by atoms with van der Waals surface area (Å²) in [5, 5.41) is 4.24. The average molecular weight is 319 g/mol. The van der Waals surface area contributed by atoms with E-state index in [0.29, 0.717) is 23.4 Å². The standard InChI is InChI=1S/C17H19F2N3O/c1-11-15(12(2)21(3)20-11)16(23)22-9-8-17(19,10-22)13-4-6-14(18)7-5-13/h4-7H,8-10H2,1-3H3. The van der Waals surface area contributed by atoms with Crippen molar-refractivity contribution in [2.45, 2.75) is 25.9 Å². The van der Waals surface area contributed by atoms with E-state index in [1.54, 1.807) is 18.7 Å². The summed E-state index contributed by atoms with van der Waals surface area (Å²) in [4.78, 5) is 14.2. The van der Waals surface area contributed by atoms with E-state index in [2.05, 4.69) is 5.10 Å². The van der Waals surface area contributed by atoms with E-state index in [-0.39, 0.29) is 18.9 Å². The Morgan fingerprint density at radius 2 is 1.91 bits per heavy atom. The number of aromatic nitrogens is 2. The van der Waals surface area contributed by atoms with Crippen LogP contribution in [0.15, 0.2) is 24.3 Å². The molecule has 1 atom stereocenters. The molecular weight excluding hydrogens is 300 g/mol. The highest BCUT2D eigenvalue weighted by molar-refractivity contribution is 5.96. The van der Waals surface area contributed by atoms with Crippen molar-refractivity contribution < 1.29 is 13.6 Å². The molecule has 2 aromatic rings. The molecule has 1 amide bonds. The molecule has 1 saturated heterocycles. The van der Waals surface area contributed by atoms with E-state index in [1.165, 1.54) is 29.2 Å². The number of nitrogens with zero attached hydrogens (tertiary/aromatic N) is 3. The summed E-state index contributed by atoms with van der Waals surface area (Å²) in [6.45, 7) is 3.91. The van der Waals surface area contributed by atoms with Gasteiger partial charge in [0.15, 0.2) is 5.67 Å². The van der Waals surface area contributed by atoms with Gasteiger partial charge in [-0.25, -0.2) is 8.78 Å². The van der Waals surface area contributed by atoms with Crippen molar-refractivity contribution in [1.29, 1.82) is 0 Å². The lowest BCUT2D eigenvalue weighted by Crippen LogP contribution is -2.32. The molecule has 1 aromatic carbocycles. The van der Waals surface area contributed by atoms with Crippen molar-refractivity contribution in [1.82, 2.24) is 14.7 Å². The number of rotatable bonds is 2. The molecule has 6 heteroatoms. The van der Waals surface area contributed by atoms with Gasteiger partial charge in [0.1, 0.15) is 5.82 Å². The van der Waals surface area contributed by atoms with Crippen molar-refractivity contribution in [3.05, 3.63) is 52.6 Å². The largest absolute Gasteiger partial charge is 0.335 e. The first-order valence-electron chi connectivity index (χ1n) is 7.56. The molecule has 1 aliphatic heterocycles.